The third-order valence-corrected chi connectivity index (χ3v) is 13.0. The van der Waals surface area contributed by atoms with E-state index in [0.717, 1.165) is 122 Å². The first kappa shape index (κ1) is 48.2. The Balaban J connectivity index is 0.000000162. The summed E-state index contributed by atoms with van der Waals surface area (Å²) in [6.45, 7) is 12.4. The summed E-state index contributed by atoms with van der Waals surface area (Å²) in [6, 6.07) is 21.2. The predicted octanol–water partition coefficient (Wildman–Crippen LogP) is 9.57. The molecule has 17 heteroatoms. The van der Waals surface area contributed by atoms with Gasteiger partial charge in [-0.05, 0) is 89.7 Å². The number of amides is 1. The average molecular weight is 952 g/mol. The van der Waals surface area contributed by atoms with Crippen LogP contribution in [-0.4, -0.2) is 101 Å². The predicted molar refractivity (Wildman–Crippen MR) is 262 cm³/mol. The number of carbonyl (C=O) groups excluding carboxylic acids is 1. The molecule has 6 aromatic rings. The van der Waals surface area contributed by atoms with Crippen LogP contribution in [0.15, 0.2) is 93.5 Å². The molecule has 4 aliphatic heterocycles. The molecule has 2 saturated heterocycles. The van der Waals surface area contributed by atoms with Crippen LogP contribution in [0.2, 0.25) is 5.02 Å². The Labute approximate surface area is 396 Å². The number of aromatic nitrogens is 2. The second-order valence-corrected chi connectivity index (χ2v) is 18.1. The number of carbonyl (C=O) groups is 2. The van der Waals surface area contributed by atoms with Crippen LogP contribution in [0.1, 0.15) is 72.9 Å². The number of aromatic carboxylic acids is 1. The van der Waals surface area contributed by atoms with Crippen LogP contribution in [0.25, 0.3) is 0 Å². The van der Waals surface area contributed by atoms with E-state index in [4.69, 9.17) is 31.8 Å². The number of hydrogen-bond acceptors (Lipinski definition) is 13. The Kier molecular flexibility index (Phi) is 16.2. The molecule has 10 rings (SSSR count). The first-order valence-corrected chi connectivity index (χ1v) is 23.3. The van der Waals surface area contributed by atoms with Crippen LogP contribution in [0.5, 0.6) is 0 Å². The zero-order valence-electron chi connectivity index (χ0n) is 36.0. The van der Waals surface area contributed by atoms with E-state index >= 15 is 0 Å². The fourth-order valence-electron chi connectivity index (χ4n) is 7.98. The number of nitrogens with one attached hydrogen (secondary N) is 1. The fourth-order valence-corrected chi connectivity index (χ4v) is 9.46. The largest absolute Gasteiger partial charge is 0.478 e. The molecule has 344 valence electrons. The van der Waals surface area contributed by atoms with E-state index in [1.165, 1.54) is 34.8 Å². The Bertz CT molecular complexity index is 2760. The van der Waals surface area contributed by atoms with Crippen molar-refractivity contribution in [1.82, 2.24) is 19.8 Å². The Morgan fingerprint density at radius 3 is 1.83 bits per heavy atom. The number of rotatable bonds is 9. The summed E-state index contributed by atoms with van der Waals surface area (Å²) in [5.74, 6) is -1.44. The summed E-state index contributed by atoms with van der Waals surface area (Å²) in [5, 5.41) is 18.1. The van der Waals surface area contributed by atoms with Crippen LogP contribution in [0.4, 0.5) is 26.0 Å². The molecule has 4 N–H and O–H groups in total. The molecule has 0 atom stereocenters. The van der Waals surface area contributed by atoms with E-state index in [2.05, 4.69) is 30.1 Å². The first-order chi connectivity index (χ1) is 31.5. The number of carboxylic acid groups (broad SMARTS) is 1. The van der Waals surface area contributed by atoms with Gasteiger partial charge in [0.05, 0.1) is 71.7 Å². The lowest BCUT2D eigenvalue weighted by atomic mass is 9.99. The van der Waals surface area contributed by atoms with E-state index in [0.29, 0.717) is 45.1 Å². The smallest absolute Gasteiger partial charge is 0.337 e. The van der Waals surface area contributed by atoms with Crippen LogP contribution in [0, 0.1) is 19.7 Å². The minimum absolute atomic E-state index is 0. The molecule has 0 unspecified atom stereocenters. The lowest BCUT2D eigenvalue weighted by Gasteiger charge is -2.25. The fraction of sp³-hybridized carbons (Fsp3) is 0.306. The molecule has 0 bridgehead atoms. The number of benzene rings is 4. The van der Waals surface area contributed by atoms with Gasteiger partial charge in [0.2, 0.25) is 0 Å². The van der Waals surface area contributed by atoms with Crippen molar-refractivity contribution in [2.24, 2.45) is 9.98 Å². The zero-order chi connectivity index (χ0) is 45.5. The standard InChI is InChI=1S/C24H23FN4O2S.C16H12ClNO2.C8H13N3OS.CH4/c1-15-11-17(25)5-6-19(15)21-12-16-3-2-4-20(22(16)27-21)23(30)28-24-26-18(14-32-24)13-29-7-9-31-10-8-29;1-9-7-11(17)5-6-12(9)14-8-10-3-2-4-13(16(19)20)15(10)18-14;9-8-10-7(6-13-8)5-11-1-3-12-4-2-11;/h2-6,11,14H,7-10,12-13H2,1H3,(H,26,28,30);2-7H,8H2,1H3,(H,19,20);6H,1-5H2,(H2,9,10);1H4. The maximum atomic E-state index is 13.5. The minimum atomic E-state index is -0.945. The van der Waals surface area contributed by atoms with Crippen molar-refractivity contribution < 1.29 is 28.6 Å². The first-order valence-electron chi connectivity index (χ1n) is 21.2. The van der Waals surface area contributed by atoms with E-state index in [1.807, 2.05) is 61.0 Å². The number of aryl methyl sites for hydroxylation is 2. The Morgan fingerprint density at radius 2 is 1.29 bits per heavy atom. The number of morpholine rings is 2. The number of nitrogen functional groups attached to an aromatic ring is 1. The Morgan fingerprint density at radius 1 is 0.758 bits per heavy atom. The van der Waals surface area contributed by atoms with Gasteiger partial charge in [-0.2, -0.15) is 0 Å². The molecule has 0 aliphatic carbocycles. The second kappa shape index (κ2) is 22.2. The quantitative estimate of drug-likeness (QED) is 0.127. The van der Waals surface area contributed by atoms with Gasteiger partial charge in [0.25, 0.3) is 5.91 Å². The molecule has 4 aliphatic rings. The normalized spacial score (nSPS) is 15.5. The van der Waals surface area contributed by atoms with E-state index in [9.17, 15) is 19.1 Å². The molecule has 0 saturated carbocycles. The molecular weight excluding hydrogens is 899 g/mol. The molecular formula is C49H52ClFN8O5S2. The van der Waals surface area contributed by atoms with Gasteiger partial charge >= 0.3 is 5.97 Å². The number of thiazole rings is 2. The average Bonchev–Trinajstić information content (AvgIpc) is 4.12. The summed E-state index contributed by atoms with van der Waals surface area (Å²) in [6.07, 6.45) is 1.27. The number of para-hydroxylation sites is 2. The van der Waals surface area contributed by atoms with Gasteiger partial charge in [-0.1, -0.05) is 49.4 Å². The highest BCUT2D eigenvalue weighted by Gasteiger charge is 2.25. The summed E-state index contributed by atoms with van der Waals surface area (Å²) in [4.78, 5) is 47.0. The van der Waals surface area contributed by atoms with Crippen LogP contribution in [-0.2, 0) is 35.4 Å². The maximum absolute atomic E-state index is 13.5. The van der Waals surface area contributed by atoms with Crippen molar-refractivity contribution in [3.63, 3.8) is 0 Å². The van der Waals surface area contributed by atoms with Gasteiger partial charge < -0.3 is 20.3 Å². The lowest BCUT2D eigenvalue weighted by molar-refractivity contribution is 0.0336. The molecule has 2 aromatic heterocycles. The highest BCUT2D eigenvalue weighted by molar-refractivity contribution is 7.14. The van der Waals surface area contributed by atoms with Gasteiger partial charge in [-0.3, -0.25) is 29.9 Å². The molecule has 13 nitrogen and oxygen atoms in total. The van der Waals surface area contributed by atoms with Crippen molar-refractivity contribution in [3.8, 4) is 0 Å². The van der Waals surface area contributed by atoms with Gasteiger partial charge in [-0.25, -0.2) is 19.2 Å². The summed E-state index contributed by atoms with van der Waals surface area (Å²) in [5.41, 5.74) is 17.1. The van der Waals surface area contributed by atoms with Gasteiger partial charge in [-0.15, -0.1) is 22.7 Å². The van der Waals surface area contributed by atoms with Crippen molar-refractivity contribution in [3.05, 3.63) is 150 Å². The number of fused-ring (bicyclic) bond motifs is 2. The summed E-state index contributed by atoms with van der Waals surface area (Å²) < 4.78 is 24.1. The highest BCUT2D eigenvalue weighted by Crippen LogP contribution is 2.35. The van der Waals surface area contributed by atoms with Gasteiger partial charge in [0.15, 0.2) is 10.3 Å². The van der Waals surface area contributed by atoms with Crippen molar-refractivity contribution >= 4 is 79.2 Å². The van der Waals surface area contributed by atoms with Crippen LogP contribution < -0.4 is 11.1 Å². The minimum Gasteiger partial charge on any atom is -0.478 e. The van der Waals surface area contributed by atoms with E-state index in [-0.39, 0.29) is 24.7 Å². The number of ether oxygens (including phenoxy) is 2. The zero-order valence-corrected chi connectivity index (χ0v) is 38.4. The Hall–Kier alpha value is -5.72. The van der Waals surface area contributed by atoms with Crippen molar-refractivity contribution in [2.75, 3.05) is 63.7 Å². The van der Waals surface area contributed by atoms with E-state index < -0.39 is 5.97 Å². The molecule has 2 fully saturated rings. The highest BCUT2D eigenvalue weighted by atomic mass is 35.5. The van der Waals surface area contributed by atoms with Crippen LogP contribution >= 0.6 is 34.3 Å². The summed E-state index contributed by atoms with van der Waals surface area (Å²) >= 11 is 8.89. The van der Waals surface area contributed by atoms with Crippen LogP contribution in [0.3, 0.4) is 0 Å². The number of halogens is 2. The lowest BCUT2D eigenvalue weighted by Crippen LogP contribution is -2.35. The number of aliphatic imine (C=N–C) groups is 2. The second-order valence-electron chi connectivity index (χ2n) is 15.9. The topological polar surface area (TPSA) is 168 Å². The third-order valence-electron chi connectivity index (χ3n) is 11.2. The number of nitrogens with zero attached hydrogens (tertiary/aromatic N) is 6. The maximum Gasteiger partial charge on any atom is 0.337 e. The van der Waals surface area contributed by atoms with E-state index in [1.54, 1.807) is 24.3 Å². The molecule has 66 heavy (non-hydrogen) atoms. The van der Waals surface area contributed by atoms with Gasteiger partial charge in [0.1, 0.15) is 5.82 Å². The SMILES string of the molecule is C.Cc1cc(Cl)ccc1C1=Nc2c(cccc2C(=O)O)C1.Cc1cc(F)ccc1C1=Nc2c(cccc2C(=O)Nc2nc(CN3CCOCC3)cs2)C1.Nc1nc(CN2CCOCC2)cs1. The van der Waals surface area contributed by atoms with Gasteiger partial charge in [0, 0.05) is 67.9 Å². The number of nitrogens with two attached hydrogens (primary N) is 1. The summed E-state index contributed by atoms with van der Waals surface area (Å²) in [7, 11) is 0. The molecule has 1 amide bonds. The number of hydrogen-bond donors (Lipinski definition) is 3. The monoisotopic (exact) mass is 950 g/mol. The number of anilines is 2. The molecule has 0 radical (unpaired) electrons. The van der Waals surface area contributed by atoms with Crippen molar-refractivity contribution in [1.29, 1.82) is 0 Å². The third kappa shape index (κ3) is 12.0. The molecule has 6 heterocycles. The molecule has 4 aromatic carbocycles. The molecule has 0 spiro atoms. The van der Waals surface area contributed by atoms with Crippen molar-refractivity contribution in [2.45, 2.75) is 47.2 Å². The number of carboxylic acids is 1.